The van der Waals surface area contributed by atoms with Gasteiger partial charge in [-0.05, 0) is 6.42 Å². The van der Waals surface area contributed by atoms with Crippen molar-refractivity contribution in [1.82, 2.24) is 0 Å². The molecule has 1 unspecified atom stereocenters. The first-order valence-corrected chi connectivity index (χ1v) is 3.21. The van der Waals surface area contributed by atoms with Crippen LogP contribution in [0.4, 0.5) is 0 Å². The normalized spacial score (nSPS) is 13.1. The van der Waals surface area contributed by atoms with Crippen LogP contribution in [0, 0.1) is 5.92 Å². The van der Waals surface area contributed by atoms with Crippen molar-refractivity contribution >= 4 is 6.29 Å². The molecule has 0 rings (SSSR count). The molecule has 0 heterocycles. The molecule has 0 fully saturated rings. The van der Waals surface area contributed by atoms with Crippen LogP contribution < -0.4 is 0 Å². The molecule has 0 aliphatic rings. The Balaban J connectivity index is 3.29. The first-order chi connectivity index (χ1) is 4.35. The minimum Gasteiger partial charge on any atom is -0.384 e. The third-order valence-electron chi connectivity index (χ3n) is 1.17. The molecule has 0 saturated heterocycles. The second kappa shape index (κ2) is 5.76. The van der Waals surface area contributed by atoms with Gasteiger partial charge in [0.15, 0.2) is 0 Å². The Morgan fingerprint density at radius 1 is 1.67 bits per heavy atom. The van der Waals surface area contributed by atoms with Crippen molar-refractivity contribution in [2.24, 2.45) is 5.92 Å². The highest BCUT2D eigenvalue weighted by atomic mass is 16.5. The minimum absolute atomic E-state index is 0.0139. The highest BCUT2D eigenvalue weighted by Crippen LogP contribution is 2.01. The van der Waals surface area contributed by atoms with E-state index in [-0.39, 0.29) is 5.92 Å². The quantitative estimate of drug-likeness (QED) is 0.556. The van der Waals surface area contributed by atoms with Crippen molar-refractivity contribution in [2.75, 3.05) is 13.7 Å². The average Bonchev–Trinajstić information content (AvgIpc) is 1.88. The van der Waals surface area contributed by atoms with Crippen molar-refractivity contribution in [3.05, 3.63) is 0 Å². The Bertz CT molecular complexity index is 65.3. The third-order valence-corrected chi connectivity index (χ3v) is 1.17. The fraction of sp³-hybridized carbons (Fsp3) is 0.857. The smallest absolute Gasteiger partial charge is 0.204 e. The highest BCUT2D eigenvalue weighted by molar-refractivity contribution is 5.54. The van der Waals surface area contributed by atoms with E-state index in [4.69, 9.17) is 4.74 Å². The topological polar surface area (TPSA) is 26.3 Å². The molecule has 0 N–H and O–H groups in total. The summed E-state index contributed by atoms with van der Waals surface area (Å²) in [4.78, 5) is 10.1. The molecule has 2 nitrogen and oxygen atoms in total. The van der Waals surface area contributed by atoms with Crippen LogP contribution in [0.2, 0.25) is 0 Å². The van der Waals surface area contributed by atoms with Crippen LogP contribution in [-0.4, -0.2) is 20.0 Å². The maximum atomic E-state index is 10.1. The maximum absolute atomic E-state index is 10.1. The Morgan fingerprint density at radius 3 is 2.67 bits per heavy atom. The number of hydrogen-bond donors (Lipinski definition) is 0. The van der Waals surface area contributed by atoms with Gasteiger partial charge in [-0.15, -0.1) is 0 Å². The van der Waals surface area contributed by atoms with Gasteiger partial charge in [0, 0.05) is 13.0 Å². The second-order valence-corrected chi connectivity index (χ2v) is 2.06. The van der Waals surface area contributed by atoms with Gasteiger partial charge >= 0.3 is 0 Å². The fourth-order valence-corrected chi connectivity index (χ4v) is 0.726. The molecule has 2 heteroatoms. The van der Waals surface area contributed by atoms with E-state index in [2.05, 4.69) is 0 Å². The molecule has 9 heavy (non-hydrogen) atoms. The van der Waals surface area contributed by atoms with Crippen LogP contribution in [0.3, 0.4) is 0 Å². The third kappa shape index (κ3) is 4.15. The average molecular weight is 129 g/mol. The van der Waals surface area contributed by atoms with Crippen molar-refractivity contribution < 1.29 is 9.53 Å². The minimum atomic E-state index is -0.0139. The van der Waals surface area contributed by atoms with Crippen LogP contribution in [0.5, 0.6) is 0 Å². The Morgan fingerprint density at radius 2 is 2.33 bits per heavy atom. The lowest BCUT2D eigenvalue weighted by molar-refractivity contribution is 0.171. The largest absolute Gasteiger partial charge is 0.384 e. The molecule has 1 radical (unpaired) electrons. The summed E-state index contributed by atoms with van der Waals surface area (Å²) in [5, 5.41) is 0. The molecule has 0 aliphatic heterocycles. The lowest BCUT2D eigenvalue weighted by atomic mass is 10.1. The first kappa shape index (κ1) is 8.63. The Hall–Kier alpha value is -0.370. The summed E-state index contributed by atoms with van der Waals surface area (Å²) in [6.45, 7) is 2.55. The number of methoxy groups -OCH3 is 1. The molecule has 0 aromatic heterocycles. The lowest BCUT2D eigenvalue weighted by Crippen LogP contribution is -2.08. The summed E-state index contributed by atoms with van der Waals surface area (Å²) in [5.74, 6) is -0.0139. The van der Waals surface area contributed by atoms with E-state index in [0.717, 1.165) is 12.8 Å². The zero-order valence-electron chi connectivity index (χ0n) is 6.02. The van der Waals surface area contributed by atoms with Crippen molar-refractivity contribution in [3.63, 3.8) is 0 Å². The molecule has 0 aromatic rings. The van der Waals surface area contributed by atoms with Crippen LogP contribution in [0.25, 0.3) is 0 Å². The highest BCUT2D eigenvalue weighted by Gasteiger charge is 2.04. The molecule has 0 amide bonds. The van der Waals surface area contributed by atoms with Gasteiger partial charge in [0.05, 0.1) is 6.61 Å². The molecule has 1 atom stereocenters. The molecule has 53 valence electrons. The molecular weight excluding hydrogens is 116 g/mol. The summed E-state index contributed by atoms with van der Waals surface area (Å²) in [5.41, 5.74) is 0. The number of hydrogen-bond acceptors (Lipinski definition) is 2. The SMILES string of the molecule is CCCC([C]=O)COC. The summed E-state index contributed by atoms with van der Waals surface area (Å²) in [6.07, 6.45) is 3.83. The molecule has 0 aliphatic carbocycles. The predicted octanol–water partition coefficient (Wildman–Crippen LogP) is 1.16. The van der Waals surface area contributed by atoms with Crippen molar-refractivity contribution in [3.8, 4) is 0 Å². The number of rotatable bonds is 5. The second-order valence-electron chi connectivity index (χ2n) is 2.06. The van der Waals surface area contributed by atoms with Crippen LogP contribution in [0.1, 0.15) is 19.8 Å². The Labute approximate surface area is 56.2 Å². The van der Waals surface area contributed by atoms with Crippen molar-refractivity contribution in [1.29, 1.82) is 0 Å². The summed E-state index contributed by atoms with van der Waals surface area (Å²) in [7, 11) is 1.60. The number of ether oxygens (including phenoxy) is 1. The van der Waals surface area contributed by atoms with Gasteiger partial charge < -0.3 is 4.74 Å². The molecular formula is C7H13O2. The van der Waals surface area contributed by atoms with Gasteiger partial charge in [-0.2, -0.15) is 0 Å². The van der Waals surface area contributed by atoms with E-state index in [1.54, 1.807) is 7.11 Å². The van der Waals surface area contributed by atoms with Crippen LogP contribution in [-0.2, 0) is 9.53 Å². The first-order valence-electron chi connectivity index (χ1n) is 3.21. The standard InChI is InChI=1S/C7H13O2/c1-3-4-7(5-8)6-9-2/h7H,3-4,6H2,1-2H3. The summed E-state index contributed by atoms with van der Waals surface area (Å²) < 4.78 is 4.78. The molecule has 0 bridgehead atoms. The van der Waals surface area contributed by atoms with Gasteiger partial charge in [-0.3, -0.25) is 4.79 Å². The number of carbonyl (C=O) groups excluding carboxylic acids is 1. The van der Waals surface area contributed by atoms with E-state index in [0.29, 0.717) is 6.61 Å². The fourth-order valence-electron chi connectivity index (χ4n) is 0.726. The van der Waals surface area contributed by atoms with E-state index < -0.39 is 0 Å². The summed E-state index contributed by atoms with van der Waals surface area (Å²) >= 11 is 0. The van der Waals surface area contributed by atoms with Gasteiger partial charge in [-0.1, -0.05) is 13.3 Å². The maximum Gasteiger partial charge on any atom is 0.204 e. The van der Waals surface area contributed by atoms with Crippen LogP contribution >= 0.6 is 0 Å². The zero-order chi connectivity index (χ0) is 7.11. The van der Waals surface area contributed by atoms with Crippen LogP contribution in [0.15, 0.2) is 0 Å². The monoisotopic (exact) mass is 129 g/mol. The lowest BCUT2D eigenvalue weighted by Gasteiger charge is -2.03. The molecule has 0 aromatic carbocycles. The molecule has 0 spiro atoms. The van der Waals surface area contributed by atoms with Gasteiger partial charge in [-0.25, -0.2) is 0 Å². The van der Waals surface area contributed by atoms with Crippen molar-refractivity contribution in [2.45, 2.75) is 19.8 Å². The molecule has 0 saturated carbocycles. The van der Waals surface area contributed by atoms with E-state index in [9.17, 15) is 4.79 Å². The van der Waals surface area contributed by atoms with Gasteiger partial charge in [0.25, 0.3) is 0 Å². The predicted molar refractivity (Wildman–Crippen MR) is 36.0 cm³/mol. The Kier molecular flexibility index (Phi) is 5.52. The van der Waals surface area contributed by atoms with E-state index in [1.807, 2.05) is 13.2 Å². The van der Waals surface area contributed by atoms with E-state index >= 15 is 0 Å². The van der Waals surface area contributed by atoms with Gasteiger partial charge in [0.1, 0.15) is 0 Å². The van der Waals surface area contributed by atoms with Gasteiger partial charge in [0.2, 0.25) is 6.29 Å². The zero-order valence-corrected chi connectivity index (χ0v) is 6.02. The summed E-state index contributed by atoms with van der Waals surface area (Å²) in [6, 6.07) is 0. The van der Waals surface area contributed by atoms with E-state index in [1.165, 1.54) is 0 Å².